The molecule has 8 heteroatoms. The normalized spacial score (nSPS) is 13.2. The van der Waals surface area contributed by atoms with Crippen LogP contribution in [0.25, 0.3) is 72.3 Å². The van der Waals surface area contributed by atoms with E-state index in [9.17, 15) is 0 Å². The Balaban J connectivity index is 0.00000541. The fourth-order valence-corrected chi connectivity index (χ4v) is 11.6. The van der Waals surface area contributed by atoms with Crippen molar-refractivity contribution in [2.45, 2.75) is 45.4 Å². The standard InChI is InChI=1S/C67H49BN4O2.Pt/c1-66(2,3)45-36-37-69-63(38-45)72-57-35-30-46(68-55-25-12-14-28-61(55)74-62-29-15-13-26-56(62)68)39-52(57)51-33-31-47(40-59(51)72)73-48-32-34-53-60(41-48)71-42-70(58-27-17-24-54(65(58)71)67(53,4)5)64-49(43-18-8-6-9-19-43)22-16-23-50(64)44-20-10-7-11-21-44;/h6-39H,1-5H3;/q-2;. The molecular weight excluding hydrogens is 1100 g/mol. The molecule has 0 spiro atoms. The van der Waals surface area contributed by atoms with Crippen LogP contribution in [0.15, 0.2) is 206 Å². The summed E-state index contributed by atoms with van der Waals surface area (Å²) in [6.45, 7) is 11.3. The summed E-state index contributed by atoms with van der Waals surface area (Å²) in [7, 11) is 0. The van der Waals surface area contributed by atoms with Gasteiger partial charge in [0, 0.05) is 44.3 Å². The third-order valence-electron chi connectivity index (χ3n) is 15.3. The molecule has 0 saturated carbocycles. The number of aromatic nitrogens is 4. The minimum atomic E-state index is -0.348. The zero-order valence-electron chi connectivity index (χ0n) is 42.1. The average molecular weight is 1150 g/mol. The van der Waals surface area contributed by atoms with Gasteiger partial charge in [-0.2, -0.15) is 12.1 Å². The predicted molar refractivity (Wildman–Crippen MR) is 299 cm³/mol. The van der Waals surface area contributed by atoms with Crippen molar-refractivity contribution >= 4 is 55.9 Å². The Morgan fingerprint density at radius 2 is 1.25 bits per heavy atom. The summed E-state index contributed by atoms with van der Waals surface area (Å²) in [5.74, 6) is 3.75. The third-order valence-corrected chi connectivity index (χ3v) is 15.3. The predicted octanol–water partition coefficient (Wildman–Crippen LogP) is 13.5. The number of para-hydroxylation sites is 4. The minimum absolute atomic E-state index is 0. The number of ether oxygens (including phenoxy) is 2. The van der Waals surface area contributed by atoms with Gasteiger partial charge in [-0.3, -0.25) is 4.57 Å². The van der Waals surface area contributed by atoms with E-state index in [1.165, 1.54) is 16.6 Å². The van der Waals surface area contributed by atoms with Gasteiger partial charge in [0.25, 0.3) is 13.0 Å². The SMILES string of the molecule is CC(C)(C)c1ccnc(-n2c3[c-]c(Oc4[c-]c5c(cc4)C(C)(C)c4cccc6c4n-5[c-][n+]6-c4c(-c5ccccc5)cccc4-c4ccccc4)ccc3c3cc(B4c5ccccc5Oc5ccccc54)ccc32)c1.[Pt]. The zero-order valence-corrected chi connectivity index (χ0v) is 44.4. The van der Waals surface area contributed by atoms with Crippen molar-refractivity contribution in [1.82, 2.24) is 14.1 Å². The summed E-state index contributed by atoms with van der Waals surface area (Å²) in [6.07, 6.45) is 5.81. The molecule has 3 aromatic heterocycles. The van der Waals surface area contributed by atoms with Gasteiger partial charge in [0.05, 0.1) is 16.7 Å². The number of benzene rings is 9. The number of rotatable bonds is 7. The van der Waals surface area contributed by atoms with Gasteiger partial charge in [0.1, 0.15) is 17.3 Å². The van der Waals surface area contributed by atoms with Crippen LogP contribution in [0.5, 0.6) is 23.0 Å². The van der Waals surface area contributed by atoms with E-state index in [1.54, 1.807) is 0 Å². The van der Waals surface area contributed by atoms with E-state index in [-0.39, 0.29) is 38.6 Å². The van der Waals surface area contributed by atoms with E-state index >= 15 is 0 Å². The molecule has 0 fully saturated rings. The van der Waals surface area contributed by atoms with Crippen molar-refractivity contribution in [2.24, 2.45) is 0 Å². The first-order valence-electron chi connectivity index (χ1n) is 25.4. The van der Waals surface area contributed by atoms with Crippen molar-refractivity contribution in [1.29, 1.82) is 0 Å². The molecule has 2 aliphatic heterocycles. The molecule has 364 valence electrons. The third kappa shape index (κ3) is 7.50. The Kier molecular flexibility index (Phi) is 11.0. The second-order valence-electron chi connectivity index (χ2n) is 21.2. The largest absolute Gasteiger partial charge is 0.510 e. The number of nitrogens with zero attached hydrogens (tertiary/aromatic N) is 4. The number of fused-ring (bicyclic) bond motifs is 7. The Morgan fingerprint density at radius 3 is 1.95 bits per heavy atom. The first kappa shape index (κ1) is 46.5. The number of imidazole rings is 1. The summed E-state index contributed by atoms with van der Waals surface area (Å²) in [5, 5.41) is 2.16. The fourth-order valence-electron chi connectivity index (χ4n) is 11.6. The smallest absolute Gasteiger partial charge is 0.268 e. The average Bonchev–Trinajstić information content (AvgIpc) is 4.10. The van der Waals surface area contributed by atoms with Crippen LogP contribution in [0.4, 0.5) is 0 Å². The van der Waals surface area contributed by atoms with E-state index < -0.39 is 0 Å². The first-order valence-corrected chi connectivity index (χ1v) is 25.4. The van der Waals surface area contributed by atoms with Gasteiger partial charge in [-0.25, -0.2) is 4.98 Å². The first-order chi connectivity index (χ1) is 36.1. The zero-order chi connectivity index (χ0) is 49.9. The van der Waals surface area contributed by atoms with E-state index in [0.29, 0.717) is 11.5 Å². The molecule has 0 bridgehead atoms. The molecule has 0 amide bonds. The molecule has 0 aliphatic carbocycles. The molecule has 12 aromatic rings. The molecule has 2 aliphatic rings. The van der Waals surface area contributed by atoms with Crippen LogP contribution in [0.3, 0.4) is 0 Å². The van der Waals surface area contributed by atoms with Gasteiger partial charge in [0.2, 0.25) is 0 Å². The molecule has 0 unspecified atom stereocenters. The topological polar surface area (TPSA) is 45.1 Å². The molecule has 5 heterocycles. The van der Waals surface area contributed by atoms with Crippen LogP contribution >= 0.6 is 0 Å². The Bertz CT molecular complexity index is 4130. The van der Waals surface area contributed by atoms with E-state index in [0.717, 1.165) is 100 Å². The second-order valence-corrected chi connectivity index (χ2v) is 21.2. The van der Waals surface area contributed by atoms with Crippen molar-refractivity contribution < 1.29 is 35.1 Å². The molecule has 0 saturated heterocycles. The van der Waals surface area contributed by atoms with Crippen LogP contribution in [0.1, 0.15) is 51.3 Å². The Hall–Kier alpha value is -8.25. The van der Waals surface area contributed by atoms with Gasteiger partial charge < -0.3 is 18.6 Å². The molecule has 0 N–H and O–H groups in total. The summed E-state index contributed by atoms with van der Waals surface area (Å²) in [4.78, 5) is 5.02. The Morgan fingerprint density at radius 1 is 0.613 bits per heavy atom. The van der Waals surface area contributed by atoms with Crippen molar-refractivity contribution in [3.05, 3.63) is 242 Å². The van der Waals surface area contributed by atoms with Gasteiger partial charge >= 0.3 is 0 Å². The quantitative estimate of drug-likeness (QED) is 0.0907. The van der Waals surface area contributed by atoms with Crippen molar-refractivity contribution in [3.8, 4) is 62.4 Å². The van der Waals surface area contributed by atoms with Crippen LogP contribution in [0.2, 0.25) is 0 Å². The maximum atomic E-state index is 6.92. The molecule has 0 atom stereocenters. The summed E-state index contributed by atoms with van der Waals surface area (Å²) in [6, 6.07) is 78.4. The number of hydrogen-bond donors (Lipinski definition) is 0. The number of hydrogen-bond acceptors (Lipinski definition) is 3. The molecule has 0 radical (unpaired) electrons. The summed E-state index contributed by atoms with van der Waals surface area (Å²) < 4.78 is 20.0. The van der Waals surface area contributed by atoms with E-state index in [1.807, 2.05) is 30.5 Å². The van der Waals surface area contributed by atoms with Gasteiger partial charge in [-0.15, -0.1) is 35.2 Å². The maximum Gasteiger partial charge on any atom is 0.268 e. The molecule has 6 nitrogen and oxygen atoms in total. The van der Waals surface area contributed by atoms with E-state index in [2.05, 4.69) is 243 Å². The molecule has 75 heavy (non-hydrogen) atoms. The maximum absolute atomic E-state index is 6.92. The summed E-state index contributed by atoms with van der Waals surface area (Å²) in [5.41, 5.74) is 17.1. The minimum Gasteiger partial charge on any atom is -0.510 e. The second kappa shape index (κ2) is 17.7. The molecule has 9 aromatic carbocycles. The van der Waals surface area contributed by atoms with E-state index in [4.69, 9.17) is 14.5 Å². The molecular formula is C67H49BN4O2Pt-2. The van der Waals surface area contributed by atoms with Gasteiger partial charge in [0.15, 0.2) is 0 Å². The van der Waals surface area contributed by atoms with Crippen molar-refractivity contribution in [3.63, 3.8) is 0 Å². The van der Waals surface area contributed by atoms with Crippen LogP contribution in [-0.4, -0.2) is 20.8 Å². The van der Waals surface area contributed by atoms with Crippen LogP contribution in [0, 0.1) is 18.5 Å². The molecule has 14 rings (SSSR count). The number of pyridine rings is 1. The monoisotopic (exact) mass is 1150 g/mol. The van der Waals surface area contributed by atoms with Crippen LogP contribution in [-0.2, 0) is 31.9 Å². The Labute approximate surface area is 451 Å². The summed E-state index contributed by atoms with van der Waals surface area (Å²) >= 11 is 0. The van der Waals surface area contributed by atoms with Gasteiger partial charge in [-0.05, 0) is 96.5 Å². The fraction of sp³-hybridized carbons (Fsp3) is 0.104. The van der Waals surface area contributed by atoms with Crippen LogP contribution < -0.4 is 30.4 Å². The van der Waals surface area contributed by atoms with Crippen molar-refractivity contribution in [2.75, 3.05) is 0 Å². The van der Waals surface area contributed by atoms with Gasteiger partial charge in [-0.1, -0.05) is 191 Å².